The number of aromatic nitrogens is 2. The van der Waals surface area contributed by atoms with Crippen LogP contribution in [-0.2, 0) is 0 Å². The van der Waals surface area contributed by atoms with E-state index in [4.69, 9.17) is 16.7 Å². The Bertz CT molecular complexity index is 410. The molecule has 0 aromatic carbocycles. The maximum atomic E-state index is 10.7. The molecule has 0 radical (unpaired) electrons. The molecule has 1 aliphatic rings. The number of anilines is 1. The molecule has 0 saturated heterocycles. The van der Waals surface area contributed by atoms with Crippen molar-refractivity contribution in [2.45, 2.75) is 19.4 Å². The summed E-state index contributed by atoms with van der Waals surface area (Å²) >= 11 is 5.61. The molecular formula is C9H10ClN3O2. The Kier molecular flexibility index (Phi) is 2.48. The fraction of sp³-hybridized carbons (Fsp3) is 0.444. The first-order valence-corrected chi connectivity index (χ1v) is 4.98. The van der Waals surface area contributed by atoms with Crippen LogP contribution >= 0.6 is 11.6 Å². The Balaban J connectivity index is 2.19. The lowest BCUT2D eigenvalue weighted by atomic mass is 10.4. The molecule has 2 N–H and O–H groups in total. The summed E-state index contributed by atoms with van der Waals surface area (Å²) in [6, 6.07) is 1.76. The lowest BCUT2D eigenvalue weighted by molar-refractivity contribution is 0.0690. The van der Waals surface area contributed by atoms with Crippen molar-refractivity contribution in [1.29, 1.82) is 0 Å². The molecule has 1 fully saturated rings. The van der Waals surface area contributed by atoms with Gasteiger partial charge in [-0.25, -0.2) is 14.8 Å². The van der Waals surface area contributed by atoms with E-state index in [-0.39, 0.29) is 11.0 Å². The third kappa shape index (κ3) is 2.36. The van der Waals surface area contributed by atoms with Gasteiger partial charge in [-0.3, -0.25) is 0 Å². The molecule has 5 nitrogen and oxygen atoms in total. The second-order valence-corrected chi connectivity index (χ2v) is 4.01. The summed E-state index contributed by atoms with van der Waals surface area (Å²) in [6.07, 6.45) is 1.07. The van der Waals surface area contributed by atoms with Gasteiger partial charge in [0.15, 0.2) is 5.69 Å². The minimum absolute atomic E-state index is 0.0503. The number of aromatic carboxylic acids is 1. The molecule has 2 unspecified atom stereocenters. The number of hydrogen-bond donors (Lipinski definition) is 2. The Morgan fingerprint density at radius 1 is 1.67 bits per heavy atom. The van der Waals surface area contributed by atoms with Gasteiger partial charge in [0.2, 0.25) is 5.28 Å². The Labute approximate surface area is 91.5 Å². The summed E-state index contributed by atoms with van der Waals surface area (Å²) in [7, 11) is 0. The minimum Gasteiger partial charge on any atom is -0.477 e. The maximum absolute atomic E-state index is 10.7. The number of carbonyl (C=O) groups is 1. The summed E-state index contributed by atoms with van der Waals surface area (Å²) in [5.41, 5.74) is -0.0918. The molecule has 0 amide bonds. The molecule has 1 aromatic rings. The van der Waals surface area contributed by atoms with Crippen molar-refractivity contribution >= 4 is 23.4 Å². The fourth-order valence-electron chi connectivity index (χ4n) is 1.31. The second kappa shape index (κ2) is 3.66. The zero-order valence-electron chi connectivity index (χ0n) is 8.07. The fourth-order valence-corrected chi connectivity index (χ4v) is 1.50. The molecule has 80 valence electrons. The molecule has 1 aliphatic carbocycles. The average molecular weight is 228 g/mol. The van der Waals surface area contributed by atoms with Crippen molar-refractivity contribution in [3.05, 3.63) is 17.0 Å². The summed E-state index contributed by atoms with van der Waals surface area (Å²) in [5.74, 6) is -0.0278. The second-order valence-electron chi connectivity index (χ2n) is 3.68. The molecule has 0 aliphatic heterocycles. The van der Waals surface area contributed by atoms with Gasteiger partial charge in [0, 0.05) is 12.1 Å². The molecule has 6 heteroatoms. The number of carboxylic acid groups (broad SMARTS) is 1. The maximum Gasteiger partial charge on any atom is 0.354 e. The highest BCUT2D eigenvalue weighted by Crippen LogP contribution is 2.32. The third-order valence-corrected chi connectivity index (χ3v) is 2.53. The van der Waals surface area contributed by atoms with Gasteiger partial charge in [0.05, 0.1) is 0 Å². The van der Waals surface area contributed by atoms with E-state index >= 15 is 0 Å². The van der Waals surface area contributed by atoms with Crippen molar-refractivity contribution in [3.8, 4) is 0 Å². The van der Waals surface area contributed by atoms with E-state index < -0.39 is 5.97 Å². The molecule has 15 heavy (non-hydrogen) atoms. The van der Waals surface area contributed by atoms with Gasteiger partial charge in [-0.15, -0.1) is 0 Å². The first-order chi connectivity index (χ1) is 7.06. The number of carboxylic acids is 1. The van der Waals surface area contributed by atoms with Gasteiger partial charge in [-0.1, -0.05) is 6.92 Å². The van der Waals surface area contributed by atoms with Crippen LogP contribution < -0.4 is 5.32 Å². The van der Waals surface area contributed by atoms with E-state index in [0.29, 0.717) is 17.8 Å². The van der Waals surface area contributed by atoms with Crippen LogP contribution in [0.2, 0.25) is 5.28 Å². The summed E-state index contributed by atoms with van der Waals surface area (Å²) in [5, 5.41) is 11.8. The van der Waals surface area contributed by atoms with Crippen LogP contribution in [0.25, 0.3) is 0 Å². The predicted octanol–water partition coefficient (Wildman–Crippen LogP) is 1.65. The van der Waals surface area contributed by atoms with E-state index in [0.717, 1.165) is 6.42 Å². The van der Waals surface area contributed by atoms with Gasteiger partial charge < -0.3 is 10.4 Å². The van der Waals surface area contributed by atoms with Crippen LogP contribution in [0, 0.1) is 5.92 Å². The molecule has 1 saturated carbocycles. The number of rotatable bonds is 3. The van der Waals surface area contributed by atoms with E-state index in [1.54, 1.807) is 0 Å². The number of nitrogens with zero attached hydrogens (tertiary/aromatic N) is 2. The van der Waals surface area contributed by atoms with Crippen molar-refractivity contribution in [3.63, 3.8) is 0 Å². The Morgan fingerprint density at radius 2 is 2.33 bits per heavy atom. The monoisotopic (exact) mass is 227 g/mol. The zero-order valence-corrected chi connectivity index (χ0v) is 8.82. The van der Waals surface area contributed by atoms with Crippen molar-refractivity contribution in [2.24, 2.45) is 5.92 Å². The van der Waals surface area contributed by atoms with Gasteiger partial charge in [0.25, 0.3) is 0 Å². The first kappa shape index (κ1) is 10.2. The SMILES string of the molecule is CC1CC1Nc1cc(C(=O)O)nc(Cl)n1. The molecule has 2 atom stereocenters. The summed E-state index contributed by atoms with van der Waals surface area (Å²) < 4.78 is 0. The average Bonchev–Trinajstić information content (AvgIpc) is 2.80. The van der Waals surface area contributed by atoms with E-state index in [9.17, 15) is 4.79 Å². The molecule has 2 rings (SSSR count). The minimum atomic E-state index is -1.11. The van der Waals surface area contributed by atoms with Crippen LogP contribution in [0.1, 0.15) is 23.8 Å². The molecule has 0 spiro atoms. The molecular weight excluding hydrogens is 218 g/mol. The first-order valence-electron chi connectivity index (χ1n) is 4.60. The van der Waals surface area contributed by atoms with E-state index in [1.165, 1.54) is 6.07 Å². The van der Waals surface area contributed by atoms with E-state index in [2.05, 4.69) is 22.2 Å². The van der Waals surface area contributed by atoms with E-state index in [1.807, 2.05) is 0 Å². The Morgan fingerprint density at radius 3 is 2.87 bits per heavy atom. The topological polar surface area (TPSA) is 75.1 Å². The number of nitrogens with one attached hydrogen (secondary N) is 1. The summed E-state index contributed by atoms with van der Waals surface area (Å²) in [4.78, 5) is 18.2. The van der Waals surface area contributed by atoms with Crippen molar-refractivity contribution in [1.82, 2.24) is 9.97 Å². The normalized spacial score (nSPS) is 23.6. The largest absolute Gasteiger partial charge is 0.477 e. The number of hydrogen-bond acceptors (Lipinski definition) is 4. The van der Waals surface area contributed by atoms with Gasteiger partial charge >= 0.3 is 5.97 Å². The zero-order chi connectivity index (χ0) is 11.0. The van der Waals surface area contributed by atoms with Gasteiger partial charge in [-0.2, -0.15) is 0 Å². The van der Waals surface area contributed by atoms with Gasteiger partial charge in [0.1, 0.15) is 5.82 Å². The summed E-state index contributed by atoms with van der Waals surface area (Å²) in [6.45, 7) is 2.11. The Hall–Kier alpha value is -1.36. The van der Waals surface area contributed by atoms with Gasteiger partial charge in [-0.05, 0) is 23.9 Å². The molecule has 1 aromatic heterocycles. The highest BCUT2D eigenvalue weighted by atomic mass is 35.5. The molecule has 1 heterocycles. The standard InChI is InChI=1S/C9H10ClN3O2/c1-4-2-5(4)11-7-3-6(8(14)15)12-9(10)13-7/h3-5H,2H2,1H3,(H,14,15)(H,11,12,13). The highest BCUT2D eigenvalue weighted by Gasteiger charge is 2.32. The van der Waals surface area contributed by atoms with Crippen molar-refractivity contribution in [2.75, 3.05) is 5.32 Å². The quantitative estimate of drug-likeness (QED) is 0.768. The highest BCUT2D eigenvalue weighted by molar-refractivity contribution is 6.28. The van der Waals surface area contributed by atoms with Crippen LogP contribution in [0.5, 0.6) is 0 Å². The van der Waals surface area contributed by atoms with Crippen LogP contribution in [-0.4, -0.2) is 27.1 Å². The third-order valence-electron chi connectivity index (χ3n) is 2.36. The lowest BCUT2D eigenvalue weighted by Gasteiger charge is -2.04. The van der Waals surface area contributed by atoms with Crippen LogP contribution in [0.15, 0.2) is 6.07 Å². The predicted molar refractivity (Wildman–Crippen MR) is 55.2 cm³/mol. The lowest BCUT2D eigenvalue weighted by Crippen LogP contribution is -2.09. The smallest absolute Gasteiger partial charge is 0.354 e. The molecule has 0 bridgehead atoms. The van der Waals surface area contributed by atoms with Crippen molar-refractivity contribution < 1.29 is 9.90 Å². The van der Waals surface area contributed by atoms with Crippen LogP contribution in [0.3, 0.4) is 0 Å². The van der Waals surface area contributed by atoms with Crippen LogP contribution in [0.4, 0.5) is 5.82 Å². The number of halogens is 1.